The van der Waals surface area contributed by atoms with Gasteiger partial charge in [0, 0.05) is 12.2 Å². The molecule has 4 heteroatoms. The number of nitrogens with zero attached hydrogens (tertiary/aromatic N) is 1. The van der Waals surface area contributed by atoms with Crippen molar-refractivity contribution in [3.05, 3.63) is 54.1 Å². The molecule has 0 unspecified atom stereocenters. The van der Waals surface area contributed by atoms with Crippen molar-refractivity contribution in [2.45, 2.75) is 20.0 Å². The third-order valence-corrected chi connectivity index (χ3v) is 3.77. The van der Waals surface area contributed by atoms with E-state index >= 15 is 0 Å². The number of para-hydroxylation sites is 3. The molecule has 0 N–H and O–H groups in total. The molecule has 1 heterocycles. The highest BCUT2D eigenvalue weighted by Crippen LogP contribution is 2.32. The number of hydrogen-bond donors (Lipinski definition) is 0. The van der Waals surface area contributed by atoms with Gasteiger partial charge in [0.05, 0.1) is 0 Å². The van der Waals surface area contributed by atoms with E-state index in [1.54, 1.807) is 4.90 Å². The van der Waals surface area contributed by atoms with E-state index in [-0.39, 0.29) is 12.5 Å². The highest BCUT2D eigenvalue weighted by molar-refractivity contribution is 5.97. The molecule has 0 aliphatic carbocycles. The number of ether oxygens (including phenoxy) is 2. The summed E-state index contributed by atoms with van der Waals surface area (Å²) < 4.78 is 11.5. The normalized spacial score (nSPS) is 16.2. The van der Waals surface area contributed by atoms with Crippen LogP contribution in [-0.4, -0.2) is 25.2 Å². The van der Waals surface area contributed by atoms with Gasteiger partial charge < -0.3 is 14.4 Å². The first-order valence-electron chi connectivity index (χ1n) is 7.46. The van der Waals surface area contributed by atoms with Gasteiger partial charge in [-0.2, -0.15) is 0 Å². The lowest BCUT2D eigenvalue weighted by Crippen LogP contribution is -2.46. The second-order valence-corrected chi connectivity index (χ2v) is 5.23. The van der Waals surface area contributed by atoms with E-state index in [1.807, 2.05) is 62.4 Å². The molecule has 0 spiro atoms. The maximum absolute atomic E-state index is 12.8. The fourth-order valence-electron chi connectivity index (χ4n) is 2.63. The minimum Gasteiger partial charge on any atom is -0.485 e. The molecule has 4 nitrogen and oxygen atoms in total. The Kier molecular flexibility index (Phi) is 4.00. The van der Waals surface area contributed by atoms with Crippen LogP contribution in [0, 0.1) is 6.92 Å². The van der Waals surface area contributed by atoms with Crippen LogP contribution >= 0.6 is 0 Å². The van der Waals surface area contributed by atoms with Gasteiger partial charge in [0.1, 0.15) is 6.61 Å². The molecule has 0 bridgehead atoms. The van der Waals surface area contributed by atoms with Crippen LogP contribution in [0.25, 0.3) is 0 Å². The van der Waals surface area contributed by atoms with Crippen molar-refractivity contribution < 1.29 is 14.3 Å². The van der Waals surface area contributed by atoms with Gasteiger partial charge in [-0.15, -0.1) is 0 Å². The van der Waals surface area contributed by atoms with Crippen molar-refractivity contribution in [1.82, 2.24) is 0 Å². The summed E-state index contributed by atoms with van der Waals surface area (Å²) in [5.41, 5.74) is 1.98. The Hall–Kier alpha value is -2.49. The number of fused-ring (bicyclic) bond motifs is 1. The quantitative estimate of drug-likeness (QED) is 0.873. The fourth-order valence-corrected chi connectivity index (χ4v) is 2.63. The summed E-state index contributed by atoms with van der Waals surface area (Å²) in [4.78, 5) is 14.6. The predicted molar refractivity (Wildman–Crippen MR) is 85.6 cm³/mol. The minimum atomic E-state index is -0.616. The lowest BCUT2D eigenvalue weighted by molar-refractivity contribution is -0.127. The molecule has 2 aromatic carbocycles. The van der Waals surface area contributed by atoms with Crippen LogP contribution in [0.1, 0.15) is 12.5 Å². The molecule has 3 rings (SSSR count). The summed E-state index contributed by atoms with van der Waals surface area (Å²) in [6.45, 7) is 4.78. The standard InChI is InChI=1S/C18H19NO3/c1-3-19(14-9-5-4-8-13(14)2)18(20)17-12-21-15-10-6-7-11-16(15)22-17/h4-11,17H,3,12H2,1-2H3/t17-/m0/s1. The largest absolute Gasteiger partial charge is 0.485 e. The zero-order valence-electron chi connectivity index (χ0n) is 12.8. The van der Waals surface area contributed by atoms with E-state index in [9.17, 15) is 4.79 Å². The van der Waals surface area contributed by atoms with Crippen LogP contribution in [0.3, 0.4) is 0 Å². The van der Waals surface area contributed by atoms with Gasteiger partial charge in [-0.05, 0) is 37.6 Å². The third kappa shape index (κ3) is 2.64. The lowest BCUT2D eigenvalue weighted by Gasteiger charge is -2.30. The molecule has 0 radical (unpaired) electrons. The monoisotopic (exact) mass is 297 g/mol. The highest BCUT2D eigenvalue weighted by atomic mass is 16.6. The molecule has 0 saturated heterocycles. The first-order chi connectivity index (χ1) is 10.7. The number of aryl methyl sites for hydroxylation is 1. The van der Waals surface area contributed by atoms with Crippen molar-refractivity contribution in [2.75, 3.05) is 18.1 Å². The number of likely N-dealkylation sites (N-methyl/N-ethyl adjacent to an activating group) is 1. The number of hydrogen-bond acceptors (Lipinski definition) is 3. The van der Waals surface area contributed by atoms with Crippen LogP contribution in [0.2, 0.25) is 0 Å². The van der Waals surface area contributed by atoms with Gasteiger partial charge in [-0.25, -0.2) is 0 Å². The van der Waals surface area contributed by atoms with Gasteiger partial charge >= 0.3 is 0 Å². The molecular weight excluding hydrogens is 278 g/mol. The van der Waals surface area contributed by atoms with E-state index in [4.69, 9.17) is 9.47 Å². The second-order valence-electron chi connectivity index (χ2n) is 5.23. The maximum atomic E-state index is 12.8. The molecular formula is C18H19NO3. The zero-order chi connectivity index (χ0) is 15.5. The average molecular weight is 297 g/mol. The Morgan fingerprint density at radius 3 is 2.55 bits per heavy atom. The van der Waals surface area contributed by atoms with Gasteiger partial charge in [-0.1, -0.05) is 30.3 Å². The van der Waals surface area contributed by atoms with Gasteiger partial charge in [0.2, 0.25) is 6.10 Å². The molecule has 114 valence electrons. The molecule has 22 heavy (non-hydrogen) atoms. The summed E-state index contributed by atoms with van der Waals surface area (Å²) >= 11 is 0. The van der Waals surface area contributed by atoms with Gasteiger partial charge in [-0.3, -0.25) is 4.79 Å². The SMILES string of the molecule is CCN(C(=O)[C@@H]1COc2ccccc2O1)c1ccccc1C. The molecule has 1 aliphatic heterocycles. The summed E-state index contributed by atoms with van der Waals surface area (Å²) in [5.74, 6) is 1.23. The average Bonchev–Trinajstić information content (AvgIpc) is 2.56. The lowest BCUT2D eigenvalue weighted by atomic mass is 10.1. The van der Waals surface area contributed by atoms with Crippen molar-refractivity contribution in [3.63, 3.8) is 0 Å². The minimum absolute atomic E-state index is 0.0775. The van der Waals surface area contributed by atoms with Crippen molar-refractivity contribution in [2.24, 2.45) is 0 Å². The van der Waals surface area contributed by atoms with Crippen molar-refractivity contribution in [1.29, 1.82) is 0 Å². The molecule has 2 aromatic rings. The maximum Gasteiger partial charge on any atom is 0.271 e. The molecule has 0 saturated carbocycles. The van der Waals surface area contributed by atoms with E-state index in [0.29, 0.717) is 18.0 Å². The summed E-state index contributed by atoms with van der Waals surface area (Å²) in [6.07, 6.45) is -0.616. The van der Waals surface area contributed by atoms with E-state index in [1.165, 1.54) is 0 Å². The molecule has 1 amide bonds. The van der Waals surface area contributed by atoms with Crippen LogP contribution in [0.15, 0.2) is 48.5 Å². The smallest absolute Gasteiger partial charge is 0.271 e. The fraction of sp³-hybridized carbons (Fsp3) is 0.278. The number of carbonyl (C=O) groups excluding carboxylic acids is 1. The number of benzene rings is 2. The van der Waals surface area contributed by atoms with Crippen LogP contribution in [-0.2, 0) is 4.79 Å². The van der Waals surface area contributed by atoms with Crippen LogP contribution in [0.5, 0.6) is 11.5 Å². The van der Waals surface area contributed by atoms with E-state index in [0.717, 1.165) is 11.3 Å². The summed E-state index contributed by atoms with van der Waals surface area (Å²) in [7, 11) is 0. The summed E-state index contributed by atoms with van der Waals surface area (Å²) in [5, 5.41) is 0. The molecule has 1 aliphatic rings. The molecule has 1 atom stereocenters. The molecule has 0 aromatic heterocycles. The number of amides is 1. The number of carbonyl (C=O) groups is 1. The van der Waals surface area contributed by atoms with Crippen LogP contribution in [0.4, 0.5) is 5.69 Å². The second kappa shape index (κ2) is 6.10. The van der Waals surface area contributed by atoms with Gasteiger partial charge in [0.15, 0.2) is 11.5 Å². The Morgan fingerprint density at radius 2 is 1.82 bits per heavy atom. The van der Waals surface area contributed by atoms with Crippen molar-refractivity contribution >= 4 is 11.6 Å². The Balaban J connectivity index is 1.83. The van der Waals surface area contributed by atoms with Gasteiger partial charge in [0.25, 0.3) is 5.91 Å². The highest BCUT2D eigenvalue weighted by Gasteiger charge is 2.31. The third-order valence-electron chi connectivity index (χ3n) is 3.77. The number of anilines is 1. The predicted octanol–water partition coefficient (Wildman–Crippen LogP) is 3.19. The first-order valence-corrected chi connectivity index (χ1v) is 7.46. The van der Waals surface area contributed by atoms with Crippen molar-refractivity contribution in [3.8, 4) is 11.5 Å². The zero-order valence-corrected chi connectivity index (χ0v) is 12.8. The Morgan fingerprint density at radius 1 is 1.14 bits per heavy atom. The number of rotatable bonds is 3. The Labute approximate surface area is 130 Å². The Bertz CT molecular complexity index is 684. The first kappa shape index (κ1) is 14.4. The summed E-state index contributed by atoms with van der Waals surface area (Å²) in [6, 6.07) is 15.3. The van der Waals surface area contributed by atoms with E-state index in [2.05, 4.69) is 0 Å². The molecule has 0 fully saturated rings. The topological polar surface area (TPSA) is 38.8 Å². The van der Waals surface area contributed by atoms with E-state index < -0.39 is 6.10 Å². The van der Waals surface area contributed by atoms with Crippen LogP contribution < -0.4 is 14.4 Å².